The Hall–Kier alpha value is -2.04. The molecule has 0 aliphatic carbocycles. The quantitative estimate of drug-likeness (QED) is 0.568. The third kappa shape index (κ3) is 4.29. The van der Waals surface area contributed by atoms with Crippen molar-refractivity contribution in [3.63, 3.8) is 0 Å². The Balaban J connectivity index is 1.92. The highest BCUT2D eigenvalue weighted by Gasteiger charge is 2.52. The van der Waals surface area contributed by atoms with Crippen LogP contribution in [0.1, 0.15) is 23.8 Å². The number of aromatic amines is 1. The van der Waals surface area contributed by atoms with Gasteiger partial charge in [0, 0.05) is 24.1 Å². The molecule has 0 unspecified atom stereocenters. The maximum atomic E-state index is 12.9. The van der Waals surface area contributed by atoms with Crippen LogP contribution in [0.4, 0.5) is 0 Å². The molecule has 1 aromatic heterocycles. The van der Waals surface area contributed by atoms with E-state index in [9.17, 15) is 24.6 Å². The molecule has 3 rings (SSSR count). The third-order valence-electron chi connectivity index (χ3n) is 4.85. The summed E-state index contributed by atoms with van der Waals surface area (Å²) in [4.78, 5) is 40.6. The number of carbonyl (C=O) groups excluding carboxylic acids is 1. The van der Waals surface area contributed by atoms with Crippen LogP contribution in [-0.4, -0.2) is 43.9 Å². The molecule has 0 saturated carbocycles. The maximum Gasteiger partial charge on any atom is 0.330 e. The molecule has 0 spiro atoms. The van der Waals surface area contributed by atoms with Crippen LogP contribution in [0.2, 0.25) is 5.02 Å². The monoisotopic (exact) mass is 484 g/mol. The van der Waals surface area contributed by atoms with Crippen LogP contribution in [-0.2, 0) is 16.0 Å². The summed E-state index contributed by atoms with van der Waals surface area (Å²) in [6, 6.07) is 6.73. The number of benzene rings is 1. The van der Waals surface area contributed by atoms with Gasteiger partial charge in [-0.05, 0) is 22.7 Å². The number of hydrogen-bond donors (Lipinski definition) is 3. The molecule has 1 aromatic carbocycles. The molecule has 154 valence electrons. The Bertz CT molecular complexity index is 1070. The number of rotatable bonds is 6. The van der Waals surface area contributed by atoms with Crippen molar-refractivity contribution >= 4 is 39.4 Å². The van der Waals surface area contributed by atoms with Crippen molar-refractivity contribution in [2.75, 3.05) is 6.61 Å². The number of aliphatic hydroxyl groups is 2. The minimum absolute atomic E-state index is 0.166. The molecule has 0 bridgehead atoms. The zero-order chi connectivity index (χ0) is 21.2. The highest BCUT2D eigenvalue weighted by Crippen LogP contribution is 2.37. The number of Topliss-reactive ketones (excluding diaryl/α,β-unsaturated/α-hetero) is 1. The number of nitrogens with one attached hydrogen (secondary N) is 1. The largest absolute Gasteiger partial charge is 0.394 e. The third-order valence-corrected chi connectivity index (χ3v) is 5.48. The van der Waals surface area contributed by atoms with E-state index in [1.165, 1.54) is 17.3 Å². The zero-order valence-electron chi connectivity index (χ0n) is 15.0. The summed E-state index contributed by atoms with van der Waals surface area (Å²) in [5, 5.41) is 21.1. The van der Waals surface area contributed by atoms with Gasteiger partial charge in [0.25, 0.3) is 5.56 Å². The molecule has 3 N–H and O–H groups in total. The van der Waals surface area contributed by atoms with Gasteiger partial charge < -0.3 is 14.9 Å². The van der Waals surface area contributed by atoms with Crippen molar-refractivity contribution in [1.29, 1.82) is 0 Å². The van der Waals surface area contributed by atoms with Crippen molar-refractivity contribution in [3.8, 4) is 0 Å². The van der Waals surface area contributed by atoms with Crippen molar-refractivity contribution in [1.82, 2.24) is 9.55 Å². The minimum Gasteiger partial charge on any atom is -0.394 e. The van der Waals surface area contributed by atoms with Crippen molar-refractivity contribution in [3.05, 3.63) is 72.4 Å². The van der Waals surface area contributed by atoms with Gasteiger partial charge in [-0.1, -0.05) is 45.7 Å². The molecule has 3 atom stereocenters. The van der Waals surface area contributed by atoms with Crippen LogP contribution in [0.3, 0.4) is 0 Å². The van der Waals surface area contributed by atoms with E-state index >= 15 is 0 Å². The molecule has 1 saturated heterocycles. The lowest BCUT2D eigenvalue weighted by atomic mass is 9.87. The van der Waals surface area contributed by atoms with E-state index in [2.05, 4.69) is 20.9 Å². The number of ketones is 1. The summed E-state index contributed by atoms with van der Waals surface area (Å²) < 4.78 is 6.68. The molecule has 2 heterocycles. The second-order valence-corrected chi connectivity index (χ2v) is 7.56. The zero-order valence-corrected chi connectivity index (χ0v) is 17.4. The fourth-order valence-electron chi connectivity index (χ4n) is 3.27. The first kappa shape index (κ1) is 21.7. The van der Waals surface area contributed by atoms with E-state index in [-0.39, 0.29) is 18.4 Å². The van der Waals surface area contributed by atoms with Gasteiger partial charge in [0.15, 0.2) is 11.4 Å². The maximum absolute atomic E-state index is 12.9. The van der Waals surface area contributed by atoms with E-state index in [4.69, 9.17) is 16.3 Å². The van der Waals surface area contributed by atoms with Gasteiger partial charge in [-0.15, -0.1) is 0 Å². The van der Waals surface area contributed by atoms with Crippen LogP contribution in [0.25, 0.3) is 6.08 Å². The standard InChI is InChI=1S/C19H18BrClN2O6/c20-6-5-12-9-23(18(27)22-17(12)26)16-8-19(28,15(10-24)29-16)14(25)7-11-3-1-2-4-13(11)21/h1-6,9,15-16,24,28H,7-8,10H2,(H,22,26,27)/b6-5+/t15-,16-,19-/m1/s1. The average Bonchev–Trinajstić information content (AvgIpc) is 3.03. The van der Waals surface area contributed by atoms with Crippen LogP contribution in [0.5, 0.6) is 0 Å². The van der Waals surface area contributed by atoms with Crippen molar-refractivity contribution < 1.29 is 19.7 Å². The van der Waals surface area contributed by atoms with Crippen LogP contribution in [0.15, 0.2) is 45.0 Å². The molecular formula is C19H18BrClN2O6. The van der Waals surface area contributed by atoms with Gasteiger partial charge in [0.1, 0.15) is 12.3 Å². The Kier molecular flexibility index (Phi) is 6.55. The lowest BCUT2D eigenvalue weighted by molar-refractivity contribution is -0.146. The normalized spacial score (nSPS) is 24.3. The topological polar surface area (TPSA) is 122 Å². The highest BCUT2D eigenvalue weighted by atomic mass is 79.9. The van der Waals surface area contributed by atoms with Gasteiger partial charge in [-0.3, -0.25) is 19.1 Å². The SMILES string of the molecule is O=C(Cc1ccccc1Cl)[C@]1(O)C[C@H](n2cc(/C=C/Br)c(=O)[nH]c2=O)O[C@@H]1CO. The molecule has 0 amide bonds. The number of aliphatic hydroxyl groups excluding tert-OH is 1. The fraction of sp³-hybridized carbons (Fsp3) is 0.316. The van der Waals surface area contributed by atoms with E-state index in [0.717, 1.165) is 4.57 Å². The number of nitrogens with zero attached hydrogens (tertiary/aromatic N) is 1. The summed E-state index contributed by atoms with van der Waals surface area (Å²) in [5.41, 5.74) is -2.68. The number of hydrogen-bond acceptors (Lipinski definition) is 6. The van der Waals surface area contributed by atoms with Gasteiger partial charge in [-0.25, -0.2) is 4.79 Å². The van der Waals surface area contributed by atoms with E-state index in [0.29, 0.717) is 10.6 Å². The Morgan fingerprint density at radius 1 is 1.41 bits per heavy atom. The number of halogens is 2. The summed E-state index contributed by atoms with van der Waals surface area (Å²) in [5.74, 6) is -0.592. The summed E-state index contributed by atoms with van der Waals surface area (Å²) >= 11 is 9.16. The molecule has 1 fully saturated rings. The van der Waals surface area contributed by atoms with Gasteiger partial charge in [0.05, 0.1) is 12.2 Å². The molecular weight excluding hydrogens is 468 g/mol. The molecule has 10 heteroatoms. The number of ether oxygens (including phenoxy) is 1. The van der Waals surface area contributed by atoms with Crippen LogP contribution >= 0.6 is 27.5 Å². The van der Waals surface area contributed by atoms with Gasteiger partial charge >= 0.3 is 5.69 Å². The van der Waals surface area contributed by atoms with E-state index in [1.807, 2.05) is 0 Å². The Morgan fingerprint density at radius 3 is 2.79 bits per heavy atom. The van der Waals surface area contributed by atoms with Gasteiger partial charge in [0.2, 0.25) is 0 Å². The first-order chi connectivity index (χ1) is 13.8. The summed E-state index contributed by atoms with van der Waals surface area (Å²) in [6.45, 7) is -0.631. The molecule has 1 aliphatic rings. The van der Waals surface area contributed by atoms with Gasteiger partial charge in [-0.2, -0.15) is 0 Å². The molecule has 29 heavy (non-hydrogen) atoms. The Morgan fingerprint density at radius 2 is 2.14 bits per heavy atom. The molecule has 0 radical (unpaired) electrons. The number of H-pyrrole nitrogens is 1. The van der Waals surface area contributed by atoms with Crippen molar-refractivity contribution in [2.45, 2.75) is 30.8 Å². The smallest absolute Gasteiger partial charge is 0.330 e. The lowest BCUT2D eigenvalue weighted by Gasteiger charge is -2.25. The summed E-state index contributed by atoms with van der Waals surface area (Å²) in [6.07, 6.45) is -0.0357. The van der Waals surface area contributed by atoms with E-state index < -0.39 is 41.6 Å². The van der Waals surface area contributed by atoms with Crippen molar-refractivity contribution in [2.24, 2.45) is 0 Å². The highest BCUT2D eigenvalue weighted by molar-refractivity contribution is 9.11. The average molecular weight is 486 g/mol. The first-order valence-corrected chi connectivity index (χ1v) is 9.97. The lowest BCUT2D eigenvalue weighted by Crippen LogP contribution is -2.48. The molecule has 2 aromatic rings. The second kappa shape index (κ2) is 8.76. The summed E-state index contributed by atoms with van der Waals surface area (Å²) in [7, 11) is 0. The second-order valence-electron chi connectivity index (χ2n) is 6.63. The number of carbonyl (C=O) groups is 1. The molecule has 1 aliphatic heterocycles. The fourth-order valence-corrected chi connectivity index (χ4v) is 3.76. The number of aromatic nitrogens is 2. The first-order valence-electron chi connectivity index (χ1n) is 8.67. The Labute approximate surface area is 178 Å². The van der Waals surface area contributed by atoms with E-state index in [1.54, 1.807) is 24.3 Å². The van der Waals surface area contributed by atoms with Crippen LogP contribution < -0.4 is 11.2 Å². The predicted octanol–water partition coefficient (Wildman–Crippen LogP) is 1.38. The molecule has 8 nitrogen and oxygen atoms in total. The predicted molar refractivity (Wildman–Crippen MR) is 110 cm³/mol. The van der Waals surface area contributed by atoms with Crippen LogP contribution in [0, 0.1) is 0 Å². The minimum atomic E-state index is -2.03.